The van der Waals surface area contributed by atoms with Gasteiger partial charge in [-0.1, -0.05) is 6.07 Å². The summed E-state index contributed by atoms with van der Waals surface area (Å²) in [5.74, 6) is -0.268. The van der Waals surface area contributed by atoms with Crippen LogP contribution in [0.4, 0.5) is 4.39 Å². The first kappa shape index (κ1) is 14.1. The fourth-order valence-corrected chi connectivity index (χ4v) is 1.75. The molecule has 0 amide bonds. The number of hydrogen-bond acceptors (Lipinski definition) is 2. The Morgan fingerprint density at radius 3 is 2.59 bits per heavy atom. The van der Waals surface area contributed by atoms with E-state index in [1.807, 2.05) is 20.8 Å². The number of ether oxygens (including phenoxy) is 1. The monoisotopic (exact) mass is 240 g/mol. The zero-order valence-corrected chi connectivity index (χ0v) is 11.0. The fraction of sp³-hybridized carbons (Fsp3) is 0.571. The van der Waals surface area contributed by atoms with E-state index >= 15 is 0 Å². The van der Waals surface area contributed by atoms with Crippen molar-refractivity contribution in [3.63, 3.8) is 0 Å². The van der Waals surface area contributed by atoms with Gasteiger partial charge in [0, 0.05) is 7.11 Å². The van der Waals surface area contributed by atoms with Crippen LogP contribution in [0.25, 0.3) is 0 Å². The van der Waals surface area contributed by atoms with Crippen molar-refractivity contribution >= 4 is 0 Å². The van der Waals surface area contributed by atoms with Gasteiger partial charge in [0.2, 0.25) is 0 Å². The van der Waals surface area contributed by atoms with E-state index in [-0.39, 0.29) is 11.4 Å². The number of hydrogen-bond donors (Lipinski definition) is 1. The average Bonchev–Trinajstić information content (AvgIpc) is 2.26. The molecule has 2 nitrogen and oxygen atoms in total. The molecule has 1 unspecified atom stereocenters. The highest BCUT2D eigenvalue weighted by molar-refractivity contribution is 5.28. The summed E-state index contributed by atoms with van der Waals surface area (Å²) in [5, 5.41) is 10.1. The molecule has 0 saturated heterocycles. The molecular weight excluding hydrogens is 219 g/mol. The molecule has 1 atom stereocenters. The maximum atomic E-state index is 12.9. The molecule has 17 heavy (non-hydrogen) atoms. The number of aryl methyl sites for hydroxylation is 1. The largest absolute Gasteiger partial charge is 0.388 e. The van der Waals surface area contributed by atoms with Gasteiger partial charge in [-0.3, -0.25) is 0 Å². The van der Waals surface area contributed by atoms with E-state index in [1.54, 1.807) is 13.2 Å². The van der Waals surface area contributed by atoms with E-state index in [0.29, 0.717) is 6.42 Å². The summed E-state index contributed by atoms with van der Waals surface area (Å²) in [6.45, 7) is 5.78. The Kier molecular flexibility index (Phi) is 4.66. The minimum absolute atomic E-state index is 0.241. The van der Waals surface area contributed by atoms with Crippen molar-refractivity contribution in [1.29, 1.82) is 0 Å². The smallest absolute Gasteiger partial charge is 0.123 e. The first-order valence-electron chi connectivity index (χ1n) is 5.85. The normalized spacial score (nSPS) is 13.8. The molecule has 0 saturated carbocycles. The number of halogens is 1. The second-order valence-electron chi connectivity index (χ2n) is 5.02. The molecule has 0 spiro atoms. The standard InChI is InChI=1S/C14H21FO2/c1-10-9-11(15)5-6-12(10)13(16)7-8-14(2,3)17-4/h5-6,9,13,16H,7-8H2,1-4H3. The van der Waals surface area contributed by atoms with Crippen molar-refractivity contribution in [2.45, 2.75) is 45.3 Å². The predicted molar refractivity (Wildman–Crippen MR) is 66.4 cm³/mol. The average molecular weight is 240 g/mol. The summed E-state index contributed by atoms with van der Waals surface area (Å²) in [6.07, 6.45) is 0.791. The number of methoxy groups -OCH3 is 1. The zero-order valence-electron chi connectivity index (χ0n) is 11.0. The van der Waals surface area contributed by atoms with Gasteiger partial charge in [0.25, 0.3) is 0 Å². The second kappa shape index (κ2) is 5.61. The van der Waals surface area contributed by atoms with Gasteiger partial charge >= 0.3 is 0 Å². The molecule has 1 rings (SSSR count). The van der Waals surface area contributed by atoms with Gasteiger partial charge in [-0.25, -0.2) is 4.39 Å². The molecule has 0 radical (unpaired) electrons. The SMILES string of the molecule is COC(C)(C)CCC(O)c1ccc(F)cc1C. The minimum Gasteiger partial charge on any atom is -0.388 e. The molecule has 0 aromatic heterocycles. The van der Waals surface area contributed by atoms with Gasteiger partial charge in [-0.15, -0.1) is 0 Å². The van der Waals surface area contributed by atoms with Crippen molar-refractivity contribution in [2.75, 3.05) is 7.11 Å². The Balaban J connectivity index is 2.67. The summed E-state index contributed by atoms with van der Waals surface area (Å²) in [7, 11) is 1.66. The van der Waals surface area contributed by atoms with E-state index < -0.39 is 6.10 Å². The molecule has 96 valence electrons. The van der Waals surface area contributed by atoms with Gasteiger partial charge in [0.15, 0.2) is 0 Å². The van der Waals surface area contributed by atoms with E-state index in [0.717, 1.165) is 17.5 Å². The predicted octanol–water partition coefficient (Wildman–Crippen LogP) is 3.37. The van der Waals surface area contributed by atoms with Crippen molar-refractivity contribution in [3.05, 3.63) is 35.1 Å². The Labute approximate surface area is 102 Å². The first-order valence-corrected chi connectivity index (χ1v) is 5.85. The van der Waals surface area contributed by atoms with Crippen LogP contribution >= 0.6 is 0 Å². The summed E-state index contributed by atoms with van der Waals surface area (Å²) >= 11 is 0. The quantitative estimate of drug-likeness (QED) is 0.855. The number of aliphatic hydroxyl groups is 1. The van der Waals surface area contributed by atoms with Crippen LogP contribution in [-0.4, -0.2) is 17.8 Å². The molecule has 0 heterocycles. The third-order valence-corrected chi connectivity index (χ3v) is 3.16. The Hall–Kier alpha value is -0.930. The summed E-state index contributed by atoms with van der Waals surface area (Å²) < 4.78 is 18.2. The van der Waals surface area contributed by atoms with Gasteiger partial charge in [0.05, 0.1) is 11.7 Å². The fourth-order valence-electron chi connectivity index (χ4n) is 1.75. The molecule has 1 aromatic rings. The van der Waals surface area contributed by atoms with Gasteiger partial charge in [0.1, 0.15) is 5.82 Å². The van der Waals surface area contributed by atoms with Crippen molar-refractivity contribution in [3.8, 4) is 0 Å². The molecule has 0 bridgehead atoms. The number of aliphatic hydroxyl groups excluding tert-OH is 1. The number of benzene rings is 1. The topological polar surface area (TPSA) is 29.5 Å². The van der Waals surface area contributed by atoms with Crippen LogP contribution in [0, 0.1) is 12.7 Å². The molecule has 0 aliphatic carbocycles. The minimum atomic E-state index is -0.565. The highest BCUT2D eigenvalue weighted by Crippen LogP contribution is 2.26. The molecular formula is C14H21FO2. The van der Waals surface area contributed by atoms with Crippen LogP contribution in [0.5, 0.6) is 0 Å². The lowest BCUT2D eigenvalue weighted by Crippen LogP contribution is -2.23. The highest BCUT2D eigenvalue weighted by atomic mass is 19.1. The molecule has 3 heteroatoms. The lowest BCUT2D eigenvalue weighted by molar-refractivity contribution is 0.00272. The maximum Gasteiger partial charge on any atom is 0.123 e. The third-order valence-electron chi connectivity index (χ3n) is 3.16. The Morgan fingerprint density at radius 1 is 1.41 bits per heavy atom. The van der Waals surface area contributed by atoms with E-state index in [2.05, 4.69) is 0 Å². The van der Waals surface area contributed by atoms with Crippen molar-refractivity contribution in [1.82, 2.24) is 0 Å². The lowest BCUT2D eigenvalue weighted by atomic mass is 9.94. The van der Waals surface area contributed by atoms with Gasteiger partial charge in [-0.2, -0.15) is 0 Å². The molecule has 0 fully saturated rings. The summed E-state index contributed by atoms with van der Waals surface area (Å²) in [4.78, 5) is 0. The third kappa shape index (κ3) is 4.10. The lowest BCUT2D eigenvalue weighted by Gasteiger charge is -2.24. The number of rotatable bonds is 5. The second-order valence-corrected chi connectivity index (χ2v) is 5.02. The van der Waals surface area contributed by atoms with Crippen LogP contribution in [0.1, 0.15) is 43.9 Å². The van der Waals surface area contributed by atoms with E-state index in [4.69, 9.17) is 4.74 Å². The zero-order chi connectivity index (χ0) is 13.1. The van der Waals surface area contributed by atoms with Crippen molar-refractivity contribution in [2.24, 2.45) is 0 Å². The van der Waals surface area contributed by atoms with Crippen LogP contribution < -0.4 is 0 Å². The van der Waals surface area contributed by atoms with Gasteiger partial charge in [-0.05, 0) is 56.9 Å². The highest BCUT2D eigenvalue weighted by Gasteiger charge is 2.19. The molecule has 0 aliphatic rings. The van der Waals surface area contributed by atoms with Crippen molar-refractivity contribution < 1.29 is 14.2 Å². The summed E-state index contributed by atoms with van der Waals surface area (Å²) in [6, 6.07) is 4.47. The summed E-state index contributed by atoms with van der Waals surface area (Å²) in [5.41, 5.74) is 1.33. The maximum absolute atomic E-state index is 12.9. The van der Waals surface area contributed by atoms with Crippen LogP contribution in [0.3, 0.4) is 0 Å². The van der Waals surface area contributed by atoms with Crippen LogP contribution in [0.2, 0.25) is 0 Å². The molecule has 1 aromatic carbocycles. The first-order chi connectivity index (χ1) is 7.85. The Morgan fingerprint density at radius 2 is 2.06 bits per heavy atom. The van der Waals surface area contributed by atoms with Crippen LogP contribution in [0.15, 0.2) is 18.2 Å². The Bertz CT molecular complexity index is 374. The van der Waals surface area contributed by atoms with E-state index in [9.17, 15) is 9.50 Å². The van der Waals surface area contributed by atoms with E-state index in [1.165, 1.54) is 12.1 Å². The van der Waals surface area contributed by atoms with Gasteiger partial charge < -0.3 is 9.84 Å². The van der Waals surface area contributed by atoms with Crippen LogP contribution in [-0.2, 0) is 4.74 Å². The molecule has 0 aliphatic heterocycles. The molecule has 1 N–H and O–H groups in total.